The monoisotopic (exact) mass is 309 g/mol. The summed E-state index contributed by atoms with van der Waals surface area (Å²) in [5.74, 6) is -1.07. The van der Waals surface area contributed by atoms with E-state index in [1.54, 1.807) is 19.9 Å². The fourth-order valence-corrected chi connectivity index (χ4v) is 1.82. The molecule has 7 nitrogen and oxygen atoms in total. The van der Waals surface area contributed by atoms with Crippen molar-refractivity contribution in [3.8, 4) is 11.4 Å². The molecule has 1 aromatic carbocycles. The van der Waals surface area contributed by atoms with Crippen LogP contribution in [0.5, 0.6) is 5.75 Å². The number of carbonyl (C=O) groups is 1. The van der Waals surface area contributed by atoms with Gasteiger partial charge in [0.05, 0.1) is 18.0 Å². The molecular formula is C14H16FN3O4. The number of esters is 1. The van der Waals surface area contributed by atoms with E-state index in [1.807, 2.05) is 0 Å². The molecule has 0 bridgehead atoms. The highest BCUT2D eigenvalue weighted by molar-refractivity contribution is 5.88. The van der Waals surface area contributed by atoms with Crippen LogP contribution in [0.25, 0.3) is 5.69 Å². The molecule has 8 heteroatoms. The molecular weight excluding hydrogens is 293 g/mol. The molecule has 118 valence electrons. The quantitative estimate of drug-likeness (QED) is 0.599. The topological polar surface area (TPSA) is 75.5 Å². The zero-order valence-corrected chi connectivity index (χ0v) is 12.5. The molecule has 0 saturated heterocycles. The number of aromatic nitrogens is 3. The standard InChI is InChI=1S/C14H16FN3O4/c1-4-21-14(19)13-9(2)18(17-16-13)10-5-6-12(11(15)7-10)22-8-20-3/h5-7H,4,8H2,1-3H3. The Bertz CT molecular complexity index is 672. The summed E-state index contributed by atoms with van der Waals surface area (Å²) in [5, 5.41) is 7.63. The number of hydrogen-bond acceptors (Lipinski definition) is 6. The smallest absolute Gasteiger partial charge is 0.360 e. The Hall–Kier alpha value is -2.48. The normalized spacial score (nSPS) is 10.5. The molecule has 0 aliphatic carbocycles. The zero-order valence-electron chi connectivity index (χ0n) is 12.5. The Morgan fingerprint density at radius 1 is 1.41 bits per heavy atom. The summed E-state index contributed by atoms with van der Waals surface area (Å²) >= 11 is 0. The van der Waals surface area contributed by atoms with Crippen LogP contribution in [0.1, 0.15) is 23.1 Å². The number of nitrogens with zero attached hydrogens (tertiary/aromatic N) is 3. The van der Waals surface area contributed by atoms with Crippen molar-refractivity contribution in [3.05, 3.63) is 35.4 Å². The molecule has 0 aliphatic heterocycles. The zero-order chi connectivity index (χ0) is 16.1. The van der Waals surface area contributed by atoms with E-state index in [-0.39, 0.29) is 24.8 Å². The van der Waals surface area contributed by atoms with Crippen molar-refractivity contribution in [2.45, 2.75) is 13.8 Å². The molecule has 0 N–H and O–H groups in total. The van der Waals surface area contributed by atoms with Gasteiger partial charge >= 0.3 is 5.97 Å². The minimum Gasteiger partial charge on any atom is -0.464 e. The molecule has 1 aromatic heterocycles. The molecule has 0 aliphatic rings. The second-order valence-electron chi connectivity index (χ2n) is 4.32. The number of methoxy groups -OCH3 is 1. The van der Waals surface area contributed by atoms with E-state index in [2.05, 4.69) is 10.3 Å². The molecule has 0 fully saturated rings. The molecule has 0 saturated carbocycles. The summed E-state index contributed by atoms with van der Waals surface area (Å²) in [6, 6.07) is 4.29. The van der Waals surface area contributed by atoms with Gasteiger partial charge in [0.2, 0.25) is 0 Å². The van der Waals surface area contributed by atoms with Gasteiger partial charge in [0.25, 0.3) is 0 Å². The van der Waals surface area contributed by atoms with Crippen molar-refractivity contribution in [2.75, 3.05) is 20.5 Å². The predicted octanol–water partition coefficient (Wildman–Crippen LogP) is 1.87. The van der Waals surface area contributed by atoms with Crippen LogP contribution in [0.2, 0.25) is 0 Å². The summed E-state index contributed by atoms with van der Waals surface area (Å²) in [7, 11) is 1.45. The highest BCUT2D eigenvalue weighted by Crippen LogP contribution is 2.21. The van der Waals surface area contributed by atoms with Gasteiger partial charge in [-0.05, 0) is 26.0 Å². The number of hydrogen-bond donors (Lipinski definition) is 0. The maximum atomic E-state index is 13.9. The van der Waals surface area contributed by atoms with Gasteiger partial charge in [-0.25, -0.2) is 13.9 Å². The first-order valence-electron chi connectivity index (χ1n) is 6.59. The largest absolute Gasteiger partial charge is 0.464 e. The first-order valence-corrected chi connectivity index (χ1v) is 6.59. The van der Waals surface area contributed by atoms with Crippen LogP contribution in [-0.2, 0) is 9.47 Å². The lowest BCUT2D eigenvalue weighted by Gasteiger charge is -2.08. The summed E-state index contributed by atoms with van der Waals surface area (Å²) < 4.78 is 30.0. The molecule has 2 rings (SSSR count). The van der Waals surface area contributed by atoms with E-state index < -0.39 is 11.8 Å². The van der Waals surface area contributed by atoms with E-state index in [0.717, 1.165) is 0 Å². The van der Waals surface area contributed by atoms with Crippen molar-refractivity contribution in [2.24, 2.45) is 0 Å². The Kier molecular flexibility index (Phi) is 5.05. The number of carbonyl (C=O) groups excluding carboxylic acids is 1. The van der Waals surface area contributed by atoms with Gasteiger partial charge in [0.15, 0.2) is 24.1 Å². The van der Waals surface area contributed by atoms with Crippen LogP contribution >= 0.6 is 0 Å². The molecule has 0 unspecified atom stereocenters. The van der Waals surface area contributed by atoms with Crippen LogP contribution < -0.4 is 4.74 Å². The van der Waals surface area contributed by atoms with Gasteiger partial charge in [0, 0.05) is 13.2 Å². The first kappa shape index (κ1) is 15.9. The van der Waals surface area contributed by atoms with Gasteiger partial charge in [-0.3, -0.25) is 0 Å². The fraction of sp³-hybridized carbons (Fsp3) is 0.357. The highest BCUT2D eigenvalue weighted by atomic mass is 19.1. The number of rotatable bonds is 6. The molecule has 0 radical (unpaired) electrons. The Balaban J connectivity index is 2.29. The lowest BCUT2D eigenvalue weighted by atomic mass is 10.2. The van der Waals surface area contributed by atoms with Crippen molar-refractivity contribution in [1.29, 1.82) is 0 Å². The molecule has 2 aromatic rings. The van der Waals surface area contributed by atoms with Gasteiger partial charge in [-0.1, -0.05) is 5.21 Å². The average Bonchev–Trinajstić information content (AvgIpc) is 2.88. The maximum absolute atomic E-state index is 13.9. The Morgan fingerprint density at radius 3 is 2.82 bits per heavy atom. The number of halogens is 1. The molecule has 0 amide bonds. The lowest BCUT2D eigenvalue weighted by molar-refractivity contribution is 0.0482. The SMILES string of the molecule is CCOC(=O)c1nnn(-c2ccc(OCOC)c(F)c2)c1C. The lowest BCUT2D eigenvalue weighted by Crippen LogP contribution is -2.08. The molecule has 22 heavy (non-hydrogen) atoms. The van der Waals surface area contributed by atoms with E-state index in [9.17, 15) is 9.18 Å². The summed E-state index contributed by atoms with van der Waals surface area (Å²) in [6.45, 7) is 3.54. The fourth-order valence-electron chi connectivity index (χ4n) is 1.82. The van der Waals surface area contributed by atoms with Gasteiger partial charge in [-0.2, -0.15) is 0 Å². The Morgan fingerprint density at radius 2 is 2.18 bits per heavy atom. The van der Waals surface area contributed by atoms with Crippen molar-refractivity contribution >= 4 is 5.97 Å². The van der Waals surface area contributed by atoms with Gasteiger partial charge in [0.1, 0.15) is 0 Å². The van der Waals surface area contributed by atoms with E-state index in [1.165, 1.54) is 23.9 Å². The molecule has 0 atom stereocenters. The Labute approximate surface area is 126 Å². The number of ether oxygens (including phenoxy) is 3. The third-order valence-electron chi connectivity index (χ3n) is 2.86. The van der Waals surface area contributed by atoms with Crippen LogP contribution in [0.4, 0.5) is 4.39 Å². The van der Waals surface area contributed by atoms with E-state index >= 15 is 0 Å². The van der Waals surface area contributed by atoms with E-state index in [4.69, 9.17) is 14.2 Å². The van der Waals surface area contributed by atoms with E-state index in [0.29, 0.717) is 11.4 Å². The third-order valence-corrected chi connectivity index (χ3v) is 2.86. The minimum atomic E-state index is -0.567. The maximum Gasteiger partial charge on any atom is 0.360 e. The second-order valence-corrected chi connectivity index (χ2v) is 4.32. The van der Waals surface area contributed by atoms with Gasteiger partial charge < -0.3 is 14.2 Å². The minimum absolute atomic E-state index is 0.0500. The average molecular weight is 309 g/mol. The third kappa shape index (κ3) is 3.22. The van der Waals surface area contributed by atoms with Crippen molar-refractivity contribution in [3.63, 3.8) is 0 Å². The van der Waals surface area contributed by atoms with Crippen molar-refractivity contribution in [1.82, 2.24) is 15.0 Å². The van der Waals surface area contributed by atoms with Crippen molar-refractivity contribution < 1.29 is 23.4 Å². The summed E-state index contributed by atoms with van der Waals surface area (Å²) in [4.78, 5) is 11.7. The van der Waals surface area contributed by atoms with Crippen LogP contribution in [0.3, 0.4) is 0 Å². The molecule has 1 heterocycles. The van der Waals surface area contributed by atoms with Crippen LogP contribution in [0, 0.1) is 12.7 Å². The predicted molar refractivity (Wildman–Crippen MR) is 74.5 cm³/mol. The van der Waals surface area contributed by atoms with Gasteiger partial charge in [-0.15, -0.1) is 5.10 Å². The summed E-state index contributed by atoms with van der Waals surface area (Å²) in [5.41, 5.74) is 0.980. The number of benzene rings is 1. The second kappa shape index (κ2) is 6.99. The molecule has 0 spiro atoms. The van der Waals surface area contributed by atoms with Crippen LogP contribution in [-0.4, -0.2) is 41.5 Å². The first-order chi connectivity index (χ1) is 10.6. The summed E-state index contributed by atoms with van der Waals surface area (Å²) in [6.07, 6.45) is 0. The van der Waals surface area contributed by atoms with Crippen LogP contribution in [0.15, 0.2) is 18.2 Å². The highest BCUT2D eigenvalue weighted by Gasteiger charge is 2.19.